The van der Waals surface area contributed by atoms with Crippen molar-refractivity contribution in [3.63, 3.8) is 0 Å². The molecule has 4 N–H and O–H groups in total. The van der Waals surface area contributed by atoms with E-state index < -0.39 is 11.6 Å². The van der Waals surface area contributed by atoms with Gasteiger partial charge in [-0.15, -0.1) is 0 Å². The highest BCUT2D eigenvalue weighted by atomic mass is 19.1. The molecule has 76 valence electrons. The number of hydrogen-bond donors (Lipinski definition) is 2. The number of benzene rings is 1. The minimum absolute atomic E-state index is 0.182. The fourth-order valence-electron chi connectivity index (χ4n) is 1.01. The van der Waals surface area contributed by atoms with E-state index in [4.69, 9.17) is 11.5 Å². The molecule has 14 heavy (non-hydrogen) atoms. The molecule has 0 amide bonds. The maximum Gasteiger partial charge on any atom is 0.146 e. The van der Waals surface area contributed by atoms with Crippen molar-refractivity contribution in [2.45, 2.75) is 6.42 Å². The predicted molar refractivity (Wildman–Crippen MR) is 53.5 cm³/mol. The molecule has 0 bridgehead atoms. The molecular weight excluding hydrogens is 186 g/mol. The summed E-state index contributed by atoms with van der Waals surface area (Å²) in [5.74, 6) is -1.14. The van der Waals surface area contributed by atoms with Crippen LogP contribution in [-0.2, 0) is 0 Å². The Morgan fingerprint density at radius 1 is 1.21 bits per heavy atom. The molecule has 1 aromatic rings. The van der Waals surface area contributed by atoms with E-state index in [-0.39, 0.29) is 11.3 Å². The Bertz CT molecular complexity index is 348. The van der Waals surface area contributed by atoms with Crippen molar-refractivity contribution < 1.29 is 8.78 Å². The highest BCUT2D eigenvalue weighted by molar-refractivity contribution is 5.55. The van der Waals surface area contributed by atoms with Gasteiger partial charge in [0.2, 0.25) is 0 Å². The fourth-order valence-corrected chi connectivity index (χ4v) is 1.01. The first-order valence-electron chi connectivity index (χ1n) is 4.26. The van der Waals surface area contributed by atoms with Gasteiger partial charge in [-0.05, 0) is 19.0 Å². The minimum atomic E-state index is -0.612. The van der Waals surface area contributed by atoms with Crippen LogP contribution in [0.15, 0.2) is 18.2 Å². The number of anilines is 1. The van der Waals surface area contributed by atoms with Gasteiger partial charge in [0.15, 0.2) is 0 Å². The highest BCUT2D eigenvalue weighted by Gasteiger charge is 2.04. The molecule has 1 rings (SSSR count). The second kappa shape index (κ2) is 4.72. The third-order valence-electron chi connectivity index (χ3n) is 1.75. The number of hydrogen-bond acceptors (Lipinski definition) is 2. The molecule has 0 saturated heterocycles. The molecule has 1 aromatic carbocycles. The summed E-state index contributed by atoms with van der Waals surface area (Å²) in [5.41, 5.74) is 10.4. The first-order valence-corrected chi connectivity index (χ1v) is 4.26. The summed E-state index contributed by atoms with van der Waals surface area (Å²) in [7, 11) is 0. The van der Waals surface area contributed by atoms with E-state index in [0.29, 0.717) is 13.0 Å². The van der Waals surface area contributed by atoms with Crippen LogP contribution >= 0.6 is 0 Å². The van der Waals surface area contributed by atoms with Crippen LogP contribution in [-0.4, -0.2) is 6.54 Å². The molecule has 4 heteroatoms. The Morgan fingerprint density at radius 2 is 1.93 bits per heavy atom. The van der Waals surface area contributed by atoms with Gasteiger partial charge in [0.1, 0.15) is 11.6 Å². The van der Waals surface area contributed by atoms with E-state index in [1.165, 1.54) is 6.08 Å². The first kappa shape index (κ1) is 10.7. The highest BCUT2D eigenvalue weighted by Crippen LogP contribution is 2.17. The molecule has 0 radical (unpaired) electrons. The van der Waals surface area contributed by atoms with Crippen LogP contribution in [0.5, 0.6) is 0 Å². The van der Waals surface area contributed by atoms with Crippen LogP contribution in [0.25, 0.3) is 6.08 Å². The van der Waals surface area contributed by atoms with Crippen molar-refractivity contribution >= 4 is 11.8 Å². The lowest BCUT2D eigenvalue weighted by molar-refractivity contribution is 0.602. The van der Waals surface area contributed by atoms with Crippen LogP contribution in [0.1, 0.15) is 12.0 Å². The Balaban J connectivity index is 2.92. The lowest BCUT2D eigenvalue weighted by atomic mass is 10.1. The number of nitrogens with two attached hydrogens (primary N) is 2. The summed E-state index contributed by atoms with van der Waals surface area (Å²) >= 11 is 0. The van der Waals surface area contributed by atoms with Gasteiger partial charge in [-0.3, -0.25) is 0 Å². The largest absolute Gasteiger partial charge is 0.396 e. The Hall–Kier alpha value is -1.42. The van der Waals surface area contributed by atoms with Gasteiger partial charge < -0.3 is 11.5 Å². The molecule has 0 aromatic heterocycles. The van der Waals surface area contributed by atoms with Crippen molar-refractivity contribution in [1.29, 1.82) is 0 Å². The molecule has 0 aliphatic heterocycles. The summed E-state index contributed by atoms with van der Waals surface area (Å²) in [4.78, 5) is 0. The van der Waals surface area contributed by atoms with Gasteiger partial charge in [-0.2, -0.15) is 0 Å². The summed E-state index contributed by atoms with van der Waals surface area (Å²) in [6, 6.07) is 2.04. The predicted octanol–water partition coefficient (Wildman–Crippen LogP) is 1.91. The lowest BCUT2D eigenvalue weighted by Crippen LogP contribution is -1.96. The molecule has 0 heterocycles. The summed E-state index contributed by atoms with van der Waals surface area (Å²) < 4.78 is 26.0. The average molecular weight is 198 g/mol. The smallest absolute Gasteiger partial charge is 0.146 e. The third-order valence-corrected chi connectivity index (χ3v) is 1.75. The maximum atomic E-state index is 13.1. The first-order chi connectivity index (χ1) is 6.65. The summed E-state index contributed by atoms with van der Waals surface area (Å²) in [6.07, 6.45) is 3.81. The normalized spacial score (nSPS) is 11.1. The topological polar surface area (TPSA) is 52.0 Å². The molecule has 0 saturated carbocycles. The van der Waals surface area contributed by atoms with Crippen LogP contribution in [0.2, 0.25) is 0 Å². The van der Waals surface area contributed by atoms with Gasteiger partial charge in [-0.25, -0.2) is 8.78 Å². The van der Waals surface area contributed by atoms with E-state index in [9.17, 15) is 8.78 Å². The van der Waals surface area contributed by atoms with Crippen molar-refractivity contribution in [3.05, 3.63) is 35.4 Å². The fraction of sp³-hybridized carbons (Fsp3) is 0.200. The zero-order valence-corrected chi connectivity index (χ0v) is 7.63. The van der Waals surface area contributed by atoms with E-state index in [2.05, 4.69) is 0 Å². The standard InChI is InChI=1S/C10H12F2N2/c11-8-6-10(14)9(12)5-7(8)3-1-2-4-13/h1,3,5-6H,2,4,13-14H2. The van der Waals surface area contributed by atoms with Crippen LogP contribution < -0.4 is 11.5 Å². The van der Waals surface area contributed by atoms with Crippen molar-refractivity contribution in [1.82, 2.24) is 0 Å². The lowest BCUT2D eigenvalue weighted by Gasteiger charge is -2.00. The van der Waals surface area contributed by atoms with Crippen LogP contribution in [0.4, 0.5) is 14.5 Å². The molecule has 0 aliphatic rings. The number of nitrogen functional groups attached to an aromatic ring is 1. The van der Waals surface area contributed by atoms with Gasteiger partial charge in [0.25, 0.3) is 0 Å². The monoisotopic (exact) mass is 198 g/mol. The maximum absolute atomic E-state index is 13.1. The van der Waals surface area contributed by atoms with E-state index in [0.717, 1.165) is 12.1 Å². The molecule has 2 nitrogen and oxygen atoms in total. The summed E-state index contributed by atoms with van der Waals surface area (Å²) in [5, 5.41) is 0. The minimum Gasteiger partial charge on any atom is -0.396 e. The quantitative estimate of drug-likeness (QED) is 0.729. The van der Waals surface area contributed by atoms with E-state index in [1.54, 1.807) is 6.08 Å². The van der Waals surface area contributed by atoms with Gasteiger partial charge in [0.05, 0.1) is 5.69 Å². The molecule has 0 spiro atoms. The van der Waals surface area contributed by atoms with Crippen LogP contribution in [0.3, 0.4) is 0 Å². The van der Waals surface area contributed by atoms with Crippen molar-refractivity contribution in [2.75, 3.05) is 12.3 Å². The van der Waals surface area contributed by atoms with Crippen LogP contribution in [0, 0.1) is 11.6 Å². The summed E-state index contributed by atoms with van der Waals surface area (Å²) in [6.45, 7) is 0.482. The van der Waals surface area contributed by atoms with Gasteiger partial charge in [0, 0.05) is 11.6 Å². The average Bonchev–Trinajstić information content (AvgIpc) is 2.14. The van der Waals surface area contributed by atoms with Gasteiger partial charge >= 0.3 is 0 Å². The Labute approximate surface area is 81.2 Å². The zero-order chi connectivity index (χ0) is 10.6. The van der Waals surface area contributed by atoms with Crippen molar-refractivity contribution in [2.24, 2.45) is 5.73 Å². The van der Waals surface area contributed by atoms with Crippen molar-refractivity contribution in [3.8, 4) is 0 Å². The molecule has 0 aliphatic carbocycles. The molecule has 0 fully saturated rings. The Morgan fingerprint density at radius 3 is 2.57 bits per heavy atom. The second-order valence-corrected chi connectivity index (χ2v) is 2.87. The Kier molecular flexibility index (Phi) is 3.59. The van der Waals surface area contributed by atoms with E-state index >= 15 is 0 Å². The van der Waals surface area contributed by atoms with E-state index in [1.807, 2.05) is 0 Å². The third kappa shape index (κ3) is 2.53. The molecular formula is C10H12F2N2. The second-order valence-electron chi connectivity index (χ2n) is 2.87. The molecule has 0 atom stereocenters. The molecule has 0 unspecified atom stereocenters. The number of halogens is 2. The van der Waals surface area contributed by atoms with Gasteiger partial charge in [-0.1, -0.05) is 12.2 Å². The SMILES string of the molecule is NCCC=Cc1cc(F)c(N)cc1F. The number of rotatable bonds is 3. The zero-order valence-electron chi connectivity index (χ0n) is 7.63.